The number of fused-ring (bicyclic) bond motifs is 1. The fourth-order valence-electron chi connectivity index (χ4n) is 5.05. The number of anilines is 2. The molecule has 2 fully saturated rings. The van der Waals surface area contributed by atoms with Gasteiger partial charge < -0.3 is 9.64 Å². The smallest absolute Gasteiger partial charge is 0.270 e. The molecular formula is C23H24ClIN4O2. The van der Waals surface area contributed by atoms with Crippen molar-refractivity contribution in [2.24, 2.45) is 11.0 Å². The zero-order valence-electron chi connectivity index (χ0n) is 17.3. The molecule has 2 saturated heterocycles. The zero-order chi connectivity index (χ0) is 21.6. The second kappa shape index (κ2) is 8.35. The number of nitrogens with zero attached hydrogens (tertiary/aromatic N) is 4. The Balaban J connectivity index is 1.64. The molecule has 0 bridgehead atoms. The minimum Gasteiger partial charge on any atom is -0.379 e. The van der Waals surface area contributed by atoms with Gasteiger partial charge in [-0.1, -0.05) is 11.6 Å². The van der Waals surface area contributed by atoms with Crippen molar-refractivity contribution >= 4 is 57.2 Å². The van der Waals surface area contributed by atoms with Crippen molar-refractivity contribution in [3.05, 3.63) is 57.1 Å². The molecule has 3 heterocycles. The molecule has 2 unspecified atom stereocenters. The third-order valence-electron chi connectivity index (χ3n) is 6.47. The minimum absolute atomic E-state index is 0.0221. The molecule has 2 aromatic rings. The maximum Gasteiger partial charge on any atom is 0.270 e. The van der Waals surface area contributed by atoms with Crippen LogP contribution in [0.5, 0.6) is 0 Å². The van der Waals surface area contributed by atoms with E-state index in [1.54, 1.807) is 0 Å². The highest BCUT2D eigenvalue weighted by Crippen LogP contribution is 2.46. The van der Waals surface area contributed by atoms with Crippen LogP contribution >= 0.6 is 34.2 Å². The average Bonchev–Trinajstić information content (AvgIpc) is 3.10. The highest BCUT2D eigenvalue weighted by molar-refractivity contribution is 14.1. The third-order valence-corrected chi connectivity index (χ3v) is 7.45. The zero-order valence-corrected chi connectivity index (χ0v) is 20.2. The summed E-state index contributed by atoms with van der Waals surface area (Å²) in [5, 5.41) is 7.55. The van der Waals surface area contributed by atoms with E-state index in [1.165, 1.54) is 0 Å². The fourth-order valence-corrected chi connectivity index (χ4v) is 5.53. The molecule has 162 valence electrons. The molecule has 0 spiro atoms. The summed E-state index contributed by atoms with van der Waals surface area (Å²) in [4.78, 5) is 18.6. The van der Waals surface area contributed by atoms with Crippen LogP contribution in [0.2, 0.25) is 5.02 Å². The van der Waals surface area contributed by atoms with E-state index in [0.29, 0.717) is 37.9 Å². The number of halogens is 2. The number of hydrazone groups is 1. The van der Waals surface area contributed by atoms with Gasteiger partial charge in [-0.05, 0) is 84.5 Å². The molecule has 0 N–H and O–H groups in total. The van der Waals surface area contributed by atoms with Gasteiger partial charge in [0.05, 0.1) is 18.9 Å². The Morgan fingerprint density at radius 3 is 2.35 bits per heavy atom. The monoisotopic (exact) mass is 550 g/mol. The van der Waals surface area contributed by atoms with Crippen molar-refractivity contribution in [1.29, 1.82) is 0 Å². The molecule has 2 aromatic carbocycles. The summed E-state index contributed by atoms with van der Waals surface area (Å²) in [5.41, 5.74) is 1.90. The van der Waals surface area contributed by atoms with Gasteiger partial charge in [-0.2, -0.15) is 5.10 Å². The molecule has 2 atom stereocenters. The number of amides is 1. The number of ether oxygens (including phenoxy) is 1. The molecule has 0 saturated carbocycles. The van der Waals surface area contributed by atoms with Gasteiger partial charge in [-0.3, -0.25) is 9.69 Å². The summed E-state index contributed by atoms with van der Waals surface area (Å²) < 4.78 is 6.79. The van der Waals surface area contributed by atoms with Crippen LogP contribution in [-0.4, -0.2) is 55.0 Å². The summed E-state index contributed by atoms with van der Waals surface area (Å²) >= 11 is 8.44. The van der Waals surface area contributed by atoms with Gasteiger partial charge in [-0.15, -0.1) is 0 Å². The van der Waals surface area contributed by atoms with Crippen LogP contribution in [0, 0.1) is 9.49 Å². The van der Waals surface area contributed by atoms with E-state index in [2.05, 4.69) is 27.5 Å². The third kappa shape index (κ3) is 3.46. The van der Waals surface area contributed by atoms with E-state index in [0.717, 1.165) is 27.1 Å². The topological polar surface area (TPSA) is 48.4 Å². The van der Waals surface area contributed by atoms with E-state index < -0.39 is 5.66 Å². The molecule has 5 rings (SSSR count). The lowest BCUT2D eigenvalue weighted by Crippen LogP contribution is -2.74. The van der Waals surface area contributed by atoms with Gasteiger partial charge >= 0.3 is 0 Å². The van der Waals surface area contributed by atoms with Crippen molar-refractivity contribution in [2.45, 2.75) is 19.0 Å². The lowest BCUT2D eigenvalue weighted by atomic mass is 9.80. The van der Waals surface area contributed by atoms with E-state index in [4.69, 9.17) is 21.4 Å². The Kier molecular flexibility index (Phi) is 5.70. The molecule has 3 aliphatic rings. The quantitative estimate of drug-likeness (QED) is 0.537. The first kappa shape index (κ1) is 21.2. The average molecular weight is 551 g/mol. The second-order valence-corrected chi connectivity index (χ2v) is 9.81. The summed E-state index contributed by atoms with van der Waals surface area (Å²) in [7, 11) is 0. The fraction of sp³-hybridized carbons (Fsp3) is 0.391. The van der Waals surface area contributed by atoms with Crippen LogP contribution in [-0.2, 0) is 9.53 Å². The van der Waals surface area contributed by atoms with E-state index in [1.807, 2.05) is 65.4 Å². The van der Waals surface area contributed by atoms with Gasteiger partial charge in [0.25, 0.3) is 5.91 Å². The Morgan fingerprint density at radius 1 is 1.03 bits per heavy atom. The predicted octanol–water partition coefficient (Wildman–Crippen LogP) is 4.22. The number of hydrogen-bond acceptors (Lipinski definition) is 5. The molecule has 8 heteroatoms. The predicted molar refractivity (Wildman–Crippen MR) is 132 cm³/mol. The maximum absolute atomic E-state index is 14.4. The summed E-state index contributed by atoms with van der Waals surface area (Å²) in [6.07, 6.45) is 0.856. The second-order valence-electron chi connectivity index (χ2n) is 8.13. The number of hydrogen-bond donors (Lipinski definition) is 0. The first-order valence-electron chi connectivity index (χ1n) is 10.5. The maximum atomic E-state index is 14.4. The first-order chi connectivity index (χ1) is 15.0. The Labute approximate surface area is 200 Å². The summed E-state index contributed by atoms with van der Waals surface area (Å²) in [5.74, 6) is 0.0938. The Morgan fingerprint density at radius 2 is 1.68 bits per heavy atom. The van der Waals surface area contributed by atoms with Gasteiger partial charge in [0, 0.05) is 45.5 Å². The van der Waals surface area contributed by atoms with Crippen LogP contribution in [0.25, 0.3) is 0 Å². The Hall–Kier alpha value is -1.68. The number of carbonyl (C=O) groups excluding carboxylic acids is 1. The van der Waals surface area contributed by atoms with Crippen molar-refractivity contribution in [2.75, 3.05) is 42.8 Å². The number of carbonyl (C=O) groups is 1. The van der Waals surface area contributed by atoms with E-state index in [9.17, 15) is 4.79 Å². The highest BCUT2D eigenvalue weighted by atomic mass is 127. The molecule has 1 amide bonds. The number of rotatable bonds is 3. The molecule has 0 aromatic heterocycles. The van der Waals surface area contributed by atoms with Crippen LogP contribution in [0.15, 0.2) is 53.6 Å². The van der Waals surface area contributed by atoms with Crippen LogP contribution < -0.4 is 9.91 Å². The number of morpholine rings is 1. The van der Waals surface area contributed by atoms with Gasteiger partial charge in [0.1, 0.15) is 0 Å². The van der Waals surface area contributed by atoms with Crippen LogP contribution in [0.1, 0.15) is 13.3 Å². The number of piperidine rings is 1. The van der Waals surface area contributed by atoms with Crippen molar-refractivity contribution < 1.29 is 9.53 Å². The highest BCUT2D eigenvalue weighted by Gasteiger charge is 2.63. The summed E-state index contributed by atoms with van der Waals surface area (Å²) in [6.45, 7) is 5.32. The lowest BCUT2D eigenvalue weighted by molar-refractivity contribution is -0.139. The number of benzene rings is 2. The van der Waals surface area contributed by atoms with Crippen LogP contribution in [0.3, 0.4) is 0 Å². The molecular weight excluding hydrogens is 527 g/mol. The Bertz CT molecular complexity index is 1010. The van der Waals surface area contributed by atoms with Crippen LogP contribution in [0.4, 0.5) is 11.4 Å². The summed E-state index contributed by atoms with van der Waals surface area (Å²) in [6, 6.07) is 15.7. The van der Waals surface area contributed by atoms with Gasteiger partial charge in [0.15, 0.2) is 0 Å². The molecule has 31 heavy (non-hydrogen) atoms. The van der Waals surface area contributed by atoms with Gasteiger partial charge in [-0.25, -0.2) is 5.01 Å². The lowest BCUT2D eigenvalue weighted by Gasteiger charge is -2.53. The van der Waals surface area contributed by atoms with Crippen molar-refractivity contribution in [3.63, 3.8) is 0 Å². The van der Waals surface area contributed by atoms with Crippen molar-refractivity contribution in [3.8, 4) is 0 Å². The SMILES string of the molecule is CC1=NN(c2ccc(Cl)cc2)C2(N3CCOCC3)C(=O)N(c3ccc(I)cc3)CCC12. The first-order valence-corrected chi connectivity index (χ1v) is 12.0. The molecule has 6 nitrogen and oxygen atoms in total. The largest absolute Gasteiger partial charge is 0.379 e. The molecule has 0 radical (unpaired) electrons. The van der Waals surface area contributed by atoms with E-state index >= 15 is 0 Å². The standard InChI is InChI=1S/C23H24ClIN4O2/c1-16-21-10-11-28(19-8-4-18(25)5-9-19)22(30)23(21,27-12-14-31-15-13-27)29(26-16)20-6-2-17(24)3-7-20/h2-9,21H,10-15H2,1H3. The molecule has 3 aliphatic heterocycles. The van der Waals surface area contributed by atoms with E-state index in [-0.39, 0.29) is 11.8 Å². The molecule has 0 aliphatic carbocycles. The van der Waals surface area contributed by atoms with Gasteiger partial charge in [0.2, 0.25) is 5.66 Å². The minimum atomic E-state index is -0.900. The normalized spacial score (nSPS) is 26.7. The van der Waals surface area contributed by atoms with Crippen molar-refractivity contribution in [1.82, 2.24) is 4.90 Å².